The van der Waals surface area contributed by atoms with E-state index >= 15 is 0 Å². The molecule has 2 rings (SSSR count). The van der Waals surface area contributed by atoms with E-state index in [1.807, 2.05) is 6.92 Å². The Morgan fingerprint density at radius 2 is 1.95 bits per heavy atom. The highest BCUT2D eigenvalue weighted by Crippen LogP contribution is 2.28. The van der Waals surface area contributed by atoms with Crippen molar-refractivity contribution in [2.75, 3.05) is 6.54 Å². The maximum Gasteiger partial charge on any atom is 0.244 e. The second-order valence-corrected chi connectivity index (χ2v) is 7.10. The zero-order valence-corrected chi connectivity index (χ0v) is 13.3. The molecule has 0 aromatic carbocycles. The van der Waals surface area contributed by atoms with Crippen LogP contribution in [-0.2, 0) is 16.6 Å². The Kier molecular flexibility index (Phi) is 4.88. The highest BCUT2D eigenvalue weighted by atomic mass is 32.2. The Bertz CT molecular complexity index is 559. The number of aryl methyl sites for hydroxylation is 2. The summed E-state index contributed by atoms with van der Waals surface area (Å²) in [6.07, 6.45) is 3.97. The molecule has 0 amide bonds. The van der Waals surface area contributed by atoms with Gasteiger partial charge in [0, 0.05) is 18.2 Å². The molecule has 0 saturated heterocycles. The van der Waals surface area contributed by atoms with Crippen molar-refractivity contribution in [1.82, 2.24) is 10.0 Å². The smallest absolute Gasteiger partial charge is 0.244 e. The third-order valence-corrected chi connectivity index (χ3v) is 5.46. The first-order valence-corrected chi connectivity index (χ1v) is 8.76. The lowest BCUT2D eigenvalue weighted by molar-refractivity contribution is 0.383. The summed E-state index contributed by atoms with van der Waals surface area (Å²) in [5, 5.41) is 3.25. The lowest BCUT2D eigenvalue weighted by atomic mass is 9.94. The Labute approximate surface area is 121 Å². The van der Waals surface area contributed by atoms with Crippen molar-refractivity contribution in [1.29, 1.82) is 0 Å². The highest BCUT2D eigenvalue weighted by Gasteiger charge is 2.30. The molecule has 1 saturated carbocycles. The summed E-state index contributed by atoms with van der Waals surface area (Å²) in [6, 6.07) is 0.0889. The molecule has 1 aliphatic carbocycles. The summed E-state index contributed by atoms with van der Waals surface area (Å²) in [4.78, 5) is 0.325. The Morgan fingerprint density at radius 1 is 1.25 bits per heavy atom. The fourth-order valence-corrected chi connectivity index (χ4v) is 4.21. The van der Waals surface area contributed by atoms with Gasteiger partial charge in [-0.2, -0.15) is 0 Å². The molecule has 1 aromatic heterocycles. The van der Waals surface area contributed by atoms with E-state index in [1.54, 1.807) is 6.92 Å². The van der Waals surface area contributed by atoms with Gasteiger partial charge in [-0.25, -0.2) is 13.1 Å². The van der Waals surface area contributed by atoms with Gasteiger partial charge in [0.2, 0.25) is 10.0 Å². The van der Waals surface area contributed by atoms with Crippen molar-refractivity contribution >= 4 is 10.0 Å². The molecule has 0 aliphatic heterocycles. The molecule has 1 aliphatic rings. The molecule has 5 nitrogen and oxygen atoms in total. The second-order valence-electron chi connectivity index (χ2n) is 5.45. The first-order chi connectivity index (χ1) is 9.45. The number of hydrogen-bond acceptors (Lipinski definition) is 4. The summed E-state index contributed by atoms with van der Waals surface area (Å²) in [5.41, 5.74) is 0.753. The maximum absolute atomic E-state index is 12.5. The molecule has 6 heteroatoms. The average molecular weight is 300 g/mol. The quantitative estimate of drug-likeness (QED) is 0.758. The van der Waals surface area contributed by atoms with Crippen LogP contribution in [0.1, 0.15) is 49.7 Å². The second kappa shape index (κ2) is 6.28. The standard InChI is InChI=1S/C14H24N2O3S/c1-4-8-15-9-13-10(2)19-11(3)14(13)20(17,18)16-12-6-5-7-12/h12,15-16H,4-9H2,1-3H3. The van der Waals surface area contributed by atoms with Gasteiger partial charge >= 0.3 is 0 Å². The predicted molar refractivity (Wildman–Crippen MR) is 78.1 cm³/mol. The number of rotatable bonds is 7. The monoisotopic (exact) mass is 300 g/mol. The van der Waals surface area contributed by atoms with Crippen LogP contribution >= 0.6 is 0 Å². The van der Waals surface area contributed by atoms with Crippen LogP contribution in [0, 0.1) is 13.8 Å². The maximum atomic E-state index is 12.5. The van der Waals surface area contributed by atoms with E-state index in [0.29, 0.717) is 23.0 Å². The number of hydrogen-bond donors (Lipinski definition) is 2. The number of sulfonamides is 1. The molecule has 0 radical (unpaired) electrons. The van der Waals surface area contributed by atoms with Crippen molar-refractivity contribution in [2.24, 2.45) is 0 Å². The zero-order valence-electron chi connectivity index (χ0n) is 12.5. The first-order valence-electron chi connectivity index (χ1n) is 7.27. The minimum atomic E-state index is -3.48. The molecule has 1 aromatic rings. The van der Waals surface area contributed by atoms with E-state index in [1.165, 1.54) is 0 Å². The molecule has 1 fully saturated rings. The lowest BCUT2D eigenvalue weighted by Gasteiger charge is -2.26. The first kappa shape index (κ1) is 15.5. The Morgan fingerprint density at radius 3 is 2.50 bits per heavy atom. The summed E-state index contributed by atoms with van der Waals surface area (Å²) in [7, 11) is -3.48. The minimum absolute atomic E-state index is 0.0889. The van der Waals surface area contributed by atoms with Crippen LogP contribution in [0.25, 0.3) is 0 Å². The van der Waals surface area contributed by atoms with Gasteiger partial charge in [-0.1, -0.05) is 13.3 Å². The largest absolute Gasteiger partial charge is 0.465 e. The number of furan rings is 1. The van der Waals surface area contributed by atoms with Crippen LogP contribution < -0.4 is 10.0 Å². The highest BCUT2D eigenvalue weighted by molar-refractivity contribution is 7.89. The summed E-state index contributed by atoms with van der Waals surface area (Å²) >= 11 is 0. The normalized spacial score (nSPS) is 16.4. The van der Waals surface area contributed by atoms with Gasteiger partial charge in [0.1, 0.15) is 16.4 Å². The van der Waals surface area contributed by atoms with Gasteiger partial charge in [0.25, 0.3) is 0 Å². The molecule has 20 heavy (non-hydrogen) atoms. The van der Waals surface area contributed by atoms with Crippen LogP contribution in [-0.4, -0.2) is 21.0 Å². The van der Waals surface area contributed by atoms with Crippen LogP contribution in [0.3, 0.4) is 0 Å². The fraction of sp³-hybridized carbons (Fsp3) is 0.714. The van der Waals surface area contributed by atoms with E-state index in [4.69, 9.17) is 4.42 Å². The number of nitrogens with one attached hydrogen (secondary N) is 2. The summed E-state index contributed by atoms with van der Waals surface area (Å²) in [5.74, 6) is 1.16. The lowest BCUT2D eigenvalue weighted by Crippen LogP contribution is -2.39. The average Bonchev–Trinajstić information content (AvgIpc) is 2.60. The van der Waals surface area contributed by atoms with Gasteiger partial charge in [-0.05, 0) is 39.7 Å². The predicted octanol–water partition coefficient (Wildman–Crippen LogP) is 2.23. The van der Waals surface area contributed by atoms with E-state index in [2.05, 4.69) is 17.0 Å². The van der Waals surface area contributed by atoms with Gasteiger partial charge < -0.3 is 9.73 Å². The third kappa shape index (κ3) is 3.24. The zero-order chi connectivity index (χ0) is 14.8. The molecule has 0 unspecified atom stereocenters. The van der Waals surface area contributed by atoms with Crippen LogP contribution in [0.4, 0.5) is 0 Å². The molecule has 0 atom stereocenters. The van der Waals surface area contributed by atoms with Crippen molar-refractivity contribution in [2.45, 2.75) is 63.9 Å². The molecule has 0 spiro atoms. The van der Waals surface area contributed by atoms with Gasteiger partial charge in [-0.3, -0.25) is 0 Å². The van der Waals surface area contributed by atoms with Gasteiger partial charge in [0.15, 0.2) is 0 Å². The van der Waals surface area contributed by atoms with E-state index in [0.717, 1.165) is 37.8 Å². The van der Waals surface area contributed by atoms with Crippen LogP contribution in [0.15, 0.2) is 9.31 Å². The summed E-state index contributed by atoms with van der Waals surface area (Å²) < 4.78 is 33.4. The van der Waals surface area contributed by atoms with Gasteiger partial charge in [0.05, 0.1) is 0 Å². The summed E-state index contributed by atoms with van der Waals surface area (Å²) in [6.45, 7) is 7.00. The van der Waals surface area contributed by atoms with Crippen molar-refractivity contribution in [3.63, 3.8) is 0 Å². The van der Waals surface area contributed by atoms with E-state index < -0.39 is 10.0 Å². The molecule has 114 valence electrons. The van der Waals surface area contributed by atoms with Crippen molar-refractivity contribution in [3.05, 3.63) is 17.1 Å². The SMILES string of the molecule is CCCNCc1c(C)oc(C)c1S(=O)(=O)NC1CCC1. The Hall–Kier alpha value is -0.850. The molecule has 0 bridgehead atoms. The third-order valence-electron chi connectivity index (χ3n) is 3.75. The van der Waals surface area contributed by atoms with Gasteiger partial charge in [-0.15, -0.1) is 0 Å². The minimum Gasteiger partial charge on any atom is -0.465 e. The van der Waals surface area contributed by atoms with E-state index in [-0.39, 0.29) is 6.04 Å². The topological polar surface area (TPSA) is 71.3 Å². The van der Waals surface area contributed by atoms with Crippen LogP contribution in [0.2, 0.25) is 0 Å². The Balaban J connectivity index is 2.24. The fourth-order valence-electron chi connectivity index (χ4n) is 2.46. The molecule has 2 N–H and O–H groups in total. The van der Waals surface area contributed by atoms with Crippen LogP contribution in [0.5, 0.6) is 0 Å². The molecule has 1 heterocycles. The van der Waals surface area contributed by atoms with Crippen molar-refractivity contribution < 1.29 is 12.8 Å². The molecular weight excluding hydrogens is 276 g/mol. The van der Waals surface area contributed by atoms with Crippen molar-refractivity contribution in [3.8, 4) is 0 Å². The molecular formula is C14H24N2O3S. The van der Waals surface area contributed by atoms with E-state index in [9.17, 15) is 8.42 Å².